The number of halogens is 4. The van der Waals surface area contributed by atoms with Crippen molar-refractivity contribution in [3.8, 4) is 34.3 Å². The zero-order valence-electron chi connectivity index (χ0n) is 17.6. The highest BCUT2D eigenvalue weighted by Gasteiger charge is 2.17. The van der Waals surface area contributed by atoms with Gasteiger partial charge in [-0.05, 0) is 36.4 Å². The standard InChI is InChI=1S/C23H14ClF3N6O2/c24-14-2-1-3-15(12-14)32-19(6-9-28-32)22-20(34)8-11-31(30-22)18-5-4-16(13-17(18)25)33-21(7-10-29-33)35-23(26)27/h1-13,23H. The van der Waals surface area contributed by atoms with Crippen molar-refractivity contribution in [1.82, 2.24) is 29.3 Å². The van der Waals surface area contributed by atoms with Crippen LogP contribution in [0.2, 0.25) is 5.02 Å². The summed E-state index contributed by atoms with van der Waals surface area (Å²) in [6, 6.07) is 14.9. The molecule has 8 nitrogen and oxygen atoms in total. The summed E-state index contributed by atoms with van der Waals surface area (Å²) >= 11 is 6.08. The van der Waals surface area contributed by atoms with E-state index in [0.29, 0.717) is 16.4 Å². The Labute approximate surface area is 200 Å². The van der Waals surface area contributed by atoms with Crippen LogP contribution in [-0.4, -0.2) is 36.0 Å². The molecular formula is C23H14ClF3N6O2. The van der Waals surface area contributed by atoms with Gasteiger partial charge in [0, 0.05) is 29.4 Å². The van der Waals surface area contributed by atoms with Gasteiger partial charge >= 0.3 is 6.61 Å². The van der Waals surface area contributed by atoms with Crippen molar-refractivity contribution in [2.45, 2.75) is 6.61 Å². The molecule has 2 aromatic carbocycles. The average molecular weight is 499 g/mol. The van der Waals surface area contributed by atoms with Crippen molar-refractivity contribution >= 4 is 11.6 Å². The zero-order valence-corrected chi connectivity index (χ0v) is 18.4. The number of rotatable bonds is 6. The van der Waals surface area contributed by atoms with Crippen molar-refractivity contribution in [1.29, 1.82) is 0 Å². The minimum Gasteiger partial charge on any atom is -0.417 e. The van der Waals surface area contributed by atoms with Crippen LogP contribution >= 0.6 is 11.6 Å². The van der Waals surface area contributed by atoms with Crippen molar-refractivity contribution in [2.24, 2.45) is 0 Å². The van der Waals surface area contributed by atoms with Crippen molar-refractivity contribution in [3.63, 3.8) is 0 Å². The van der Waals surface area contributed by atoms with Crippen LogP contribution in [0.15, 0.2) is 84.0 Å². The Morgan fingerprint density at radius 1 is 0.914 bits per heavy atom. The number of aromatic nitrogens is 6. The first-order chi connectivity index (χ1) is 16.9. The van der Waals surface area contributed by atoms with Gasteiger partial charge in [0.1, 0.15) is 5.69 Å². The van der Waals surface area contributed by atoms with E-state index in [0.717, 1.165) is 10.7 Å². The number of hydrogen-bond donors (Lipinski definition) is 0. The number of nitrogens with zero attached hydrogens (tertiary/aromatic N) is 6. The molecular weight excluding hydrogens is 485 g/mol. The maximum atomic E-state index is 15.1. The van der Waals surface area contributed by atoms with E-state index in [9.17, 15) is 13.6 Å². The van der Waals surface area contributed by atoms with Gasteiger partial charge in [0.15, 0.2) is 11.5 Å². The molecule has 0 aliphatic rings. The Balaban J connectivity index is 1.54. The third-order valence-electron chi connectivity index (χ3n) is 4.99. The van der Waals surface area contributed by atoms with Crippen molar-refractivity contribution in [3.05, 3.63) is 100 Å². The molecule has 0 unspecified atom stereocenters. The third kappa shape index (κ3) is 4.41. The van der Waals surface area contributed by atoms with Gasteiger partial charge in [-0.1, -0.05) is 17.7 Å². The Kier molecular flexibility index (Phi) is 5.83. The maximum Gasteiger partial charge on any atom is 0.388 e. The maximum absolute atomic E-state index is 15.1. The molecule has 0 N–H and O–H groups in total. The summed E-state index contributed by atoms with van der Waals surface area (Å²) in [4.78, 5) is 12.6. The lowest BCUT2D eigenvalue weighted by Crippen LogP contribution is -2.15. The molecule has 0 fully saturated rings. The molecule has 0 saturated heterocycles. The SMILES string of the molecule is O=c1ccn(-c2ccc(-n3nccc3OC(F)F)cc2F)nc1-c1ccnn1-c1cccc(Cl)c1. The van der Waals surface area contributed by atoms with E-state index in [2.05, 4.69) is 20.0 Å². The molecule has 0 bridgehead atoms. The second-order valence-corrected chi connectivity index (χ2v) is 7.61. The first-order valence-corrected chi connectivity index (χ1v) is 10.5. The summed E-state index contributed by atoms with van der Waals surface area (Å²) in [5.74, 6) is -0.975. The van der Waals surface area contributed by atoms with Crippen LogP contribution in [0.25, 0.3) is 28.5 Å². The number of benzene rings is 2. The highest BCUT2D eigenvalue weighted by Crippen LogP contribution is 2.24. The van der Waals surface area contributed by atoms with Gasteiger partial charge in [-0.2, -0.15) is 24.1 Å². The average Bonchev–Trinajstić information content (AvgIpc) is 3.49. The lowest BCUT2D eigenvalue weighted by molar-refractivity contribution is -0.0544. The first-order valence-electron chi connectivity index (χ1n) is 10.1. The van der Waals surface area contributed by atoms with Gasteiger partial charge in [0.05, 0.1) is 29.5 Å². The molecule has 5 aromatic rings. The summed E-state index contributed by atoms with van der Waals surface area (Å²) in [6.45, 7) is -3.06. The largest absolute Gasteiger partial charge is 0.417 e. The van der Waals surface area contributed by atoms with Crippen LogP contribution in [0.1, 0.15) is 0 Å². The highest BCUT2D eigenvalue weighted by molar-refractivity contribution is 6.30. The fourth-order valence-electron chi connectivity index (χ4n) is 3.49. The molecule has 0 atom stereocenters. The van der Waals surface area contributed by atoms with Crippen LogP contribution < -0.4 is 10.2 Å². The zero-order chi connectivity index (χ0) is 24.5. The van der Waals surface area contributed by atoms with Gasteiger partial charge in [-0.3, -0.25) is 4.79 Å². The minimum absolute atomic E-state index is 0.0207. The van der Waals surface area contributed by atoms with Gasteiger partial charge < -0.3 is 4.74 Å². The summed E-state index contributed by atoms with van der Waals surface area (Å²) in [5, 5.41) is 13.0. The van der Waals surface area contributed by atoms with Gasteiger partial charge in [-0.25, -0.2) is 18.4 Å². The first kappa shape index (κ1) is 22.4. The summed E-state index contributed by atoms with van der Waals surface area (Å²) in [6.07, 6.45) is 4.08. The quantitative estimate of drug-likeness (QED) is 0.340. The molecule has 0 aliphatic carbocycles. The molecule has 35 heavy (non-hydrogen) atoms. The third-order valence-corrected chi connectivity index (χ3v) is 5.22. The lowest BCUT2D eigenvalue weighted by Gasteiger charge is -2.12. The van der Waals surface area contributed by atoms with Crippen molar-refractivity contribution in [2.75, 3.05) is 0 Å². The Morgan fingerprint density at radius 2 is 1.69 bits per heavy atom. The monoisotopic (exact) mass is 498 g/mol. The van der Waals surface area contributed by atoms with E-state index in [-0.39, 0.29) is 22.9 Å². The second-order valence-electron chi connectivity index (χ2n) is 7.18. The Morgan fingerprint density at radius 3 is 2.46 bits per heavy atom. The van der Waals surface area contributed by atoms with E-state index in [1.807, 2.05) is 0 Å². The van der Waals surface area contributed by atoms with E-state index in [1.54, 1.807) is 30.3 Å². The van der Waals surface area contributed by atoms with E-state index < -0.39 is 17.9 Å². The number of alkyl halides is 2. The summed E-state index contributed by atoms with van der Waals surface area (Å²) in [5.41, 5.74) is 0.819. The molecule has 0 amide bonds. The fraction of sp³-hybridized carbons (Fsp3) is 0.0435. The fourth-order valence-corrected chi connectivity index (χ4v) is 3.68. The molecule has 3 aromatic heterocycles. The molecule has 0 spiro atoms. The predicted molar refractivity (Wildman–Crippen MR) is 121 cm³/mol. The summed E-state index contributed by atoms with van der Waals surface area (Å²) < 4.78 is 48.4. The lowest BCUT2D eigenvalue weighted by atomic mass is 10.2. The van der Waals surface area contributed by atoms with Crippen LogP contribution in [0, 0.1) is 5.82 Å². The van der Waals surface area contributed by atoms with E-state index in [4.69, 9.17) is 11.6 Å². The highest BCUT2D eigenvalue weighted by atomic mass is 35.5. The van der Waals surface area contributed by atoms with Crippen LogP contribution in [0.3, 0.4) is 0 Å². The van der Waals surface area contributed by atoms with Crippen LogP contribution in [0.4, 0.5) is 13.2 Å². The molecule has 5 rings (SSSR count). The van der Waals surface area contributed by atoms with Crippen molar-refractivity contribution < 1.29 is 17.9 Å². The van der Waals surface area contributed by atoms with Gasteiger partial charge in [0.2, 0.25) is 11.3 Å². The van der Waals surface area contributed by atoms with Gasteiger partial charge in [0.25, 0.3) is 0 Å². The predicted octanol–water partition coefficient (Wildman–Crippen LogP) is 4.66. The topological polar surface area (TPSA) is 79.8 Å². The van der Waals surface area contributed by atoms with E-state index in [1.165, 1.54) is 52.2 Å². The molecule has 0 aliphatic heterocycles. The molecule has 0 saturated carbocycles. The number of hydrogen-bond acceptors (Lipinski definition) is 5. The normalized spacial score (nSPS) is 11.2. The minimum atomic E-state index is -3.06. The number of ether oxygens (including phenoxy) is 1. The summed E-state index contributed by atoms with van der Waals surface area (Å²) in [7, 11) is 0. The molecule has 0 radical (unpaired) electrons. The smallest absolute Gasteiger partial charge is 0.388 e. The molecule has 3 heterocycles. The van der Waals surface area contributed by atoms with Crippen LogP contribution in [0.5, 0.6) is 5.88 Å². The van der Waals surface area contributed by atoms with Crippen LogP contribution in [-0.2, 0) is 0 Å². The Hall–Kier alpha value is -4.38. The molecule has 176 valence electrons. The van der Waals surface area contributed by atoms with E-state index >= 15 is 4.39 Å². The second kappa shape index (κ2) is 9.11. The van der Waals surface area contributed by atoms with Gasteiger partial charge in [-0.15, -0.1) is 0 Å². The Bertz CT molecular complexity index is 1580. The molecule has 12 heteroatoms.